The summed E-state index contributed by atoms with van der Waals surface area (Å²) in [4.78, 5) is 24.9. The molecule has 134 valence electrons. The van der Waals surface area contributed by atoms with E-state index in [1.165, 1.54) is 11.3 Å². The Hall–Kier alpha value is -2.23. The third kappa shape index (κ3) is 5.96. The first-order valence-electron chi connectivity index (χ1n) is 7.38. The number of nitrogens with one attached hydrogen (secondary N) is 2. The molecule has 1 aromatic heterocycles. The number of hydrogen-bond acceptors (Lipinski definition) is 5. The molecule has 0 aliphatic heterocycles. The maximum Gasteiger partial charge on any atom is 0.330 e. The standard InChI is InChI=1S/C16H18N2O5S2/c1-25(22,23)17-10-9-12-7-8-13(24-12)15(19)18-14(16(20)21)11-5-3-2-4-6-11/h2-8,14,17H,9-10H2,1H3,(H,18,19)(H,20,21)/t14-/m1/s1. The number of rotatable bonds is 8. The Morgan fingerprint density at radius 1 is 1.16 bits per heavy atom. The summed E-state index contributed by atoms with van der Waals surface area (Å²) in [5.41, 5.74) is 0.484. The van der Waals surface area contributed by atoms with Gasteiger partial charge in [-0.15, -0.1) is 11.3 Å². The smallest absolute Gasteiger partial charge is 0.330 e. The average Bonchev–Trinajstić information content (AvgIpc) is 3.00. The minimum atomic E-state index is -3.25. The lowest BCUT2D eigenvalue weighted by Gasteiger charge is -2.14. The molecular weight excluding hydrogens is 364 g/mol. The number of benzene rings is 1. The third-order valence-electron chi connectivity index (χ3n) is 3.28. The number of aliphatic carboxylic acids is 1. The molecule has 0 saturated carbocycles. The van der Waals surface area contributed by atoms with Gasteiger partial charge >= 0.3 is 5.97 Å². The molecule has 0 bridgehead atoms. The predicted molar refractivity (Wildman–Crippen MR) is 95.2 cm³/mol. The minimum absolute atomic E-state index is 0.238. The van der Waals surface area contributed by atoms with Crippen LogP contribution in [0, 0.1) is 0 Å². The highest BCUT2D eigenvalue weighted by Crippen LogP contribution is 2.19. The number of hydrogen-bond donors (Lipinski definition) is 3. The summed E-state index contributed by atoms with van der Waals surface area (Å²) in [6, 6.07) is 10.6. The Balaban J connectivity index is 2.01. The van der Waals surface area contributed by atoms with Crippen molar-refractivity contribution < 1.29 is 23.1 Å². The largest absolute Gasteiger partial charge is 0.479 e. The molecule has 1 aromatic carbocycles. The van der Waals surface area contributed by atoms with Crippen molar-refractivity contribution in [1.29, 1.82) is 0 Å². The molecule has 0 spiro atoms. The fourth-order valence-corrected chi connectivity index (χ4v) is 3.51. The molecule has 1 atom stereocenters. The van der Waals surface area contributed by atoms with Crippen molar-refractivity contribution in [2.24, 2.45) is 0 Å². The molecule has 0 saturated heterocycles. The van der Waals surface area contributed by atoms with Gasteiger partial charge in [-0.2, -0.15) is 0 Å². The summed E-state index contributed by atoms with van der Waals surface area (Å²) in [6.45, 7) is 0.238. The molecule has 7 nitrogen and oxygen atoms in total. The Morgan fingerprint density at radius 2 is 1.84 bits per heavy atom. The van der Waals surface area contributed by atoms with Crippen LogP contribution in [-0.2, 0) is 21.2 Å². The van der Waals surface area contributed by atoms with Gasteiger partial charge in [0, 0.05) is 11.4 Å². The van der Waals surface area contributed by atoms with Crippen LogP contribution in [-0.4, -0.2) is 38.2 Å². The molecule has 2 aromatic rings. The number of carboxylic acids is 1. The SMILES string of the molecule is CS(=O)(=O)NCCc1ccc(C(=O)N[C@@H](C(=O)O)c2ccccc2)s1. The van der Waals surface area contributed by atoms with Crippen LogP contribution >= 0.6 is 11.3 Å². The van der Waals surface area contributed by atoms with Gasteiger partial charge in [-0.25, -0.2) is 17.9 Å². The van der Waals surface area contributed by atoms with Gasteiger partial charge in [-0.1, -0.05) is 30.3 Å². The average molecular weight is 382 g/mol. The van der Waals surface area contributed by atoms with Crippen LogP contribution in [0.4, 0.5) is 0 Å². The van der Waals surface area contributed by atoms with E-state index in [1.54, 1.807) is 42.5 Å². The van der Waals surface area contributed by atoms with Gasteiger partial charge < -0.3 is 10.4 Å². The second-order valence-corrected chi connectivity index (χ2v) is 8.34. The summed E-state index contributed by atoms with van der Waals surface area (Å²) >= 11 is 1.20. The topological polar surface area (TPSA) is 113 Å². The number of thiophene rings is 1. The quantitative estimate of drug-likeness (QED) is 0.639. The summed E-state index contributed by atoms with van der Waals surface area (Å²) in [5.74, 6) is -1.63. The second-order valence-electron chi connectivity index (χ2n) is 5.34. The van der Waals surface area contributed by atoms with Crippen LogP contribution in [0.2, 0.25) is 0 Å². The van der Waals surface area contributed by atoms with Crippen molar-refractivity contribution in [2.45, 2.75) is 12.5 Å². The van der Waals surface area contributed by atoms with Crippen LogP contribution in [0.1, 0.15) is 26.2 Å². The molecule has 0 fully saturated rings. The van der Waals surface area contributed by atoms with Crippen molar-refractivity contribution in [3.63, 3.8) is 0 Å². The van der Waals surface area contributed by atoms with Gasteiger partial charge in [0.15, 0.2) is 6.04 Å². The van der Waals surface area contributed by atoms with Crippen LogP contribution < -0.4 is 10.0 Å². The number of carbonyl (C=O) groups excluding carboxylic acids is 1. The highest BCUT2D eigenvalue weighted by molar-refractivity contribution is 7.88. The third-order valence-corrected chi connectivity index (χ3v) is 5.15. The summed E-state index contributed by atoms with van der Waals surface area (Å²) in [7, 11) is -3.25. The zero-order chi connectivity index (χ0) is 18.4. The lowest BCUT2D eigenvalue weighted by Crippen LogP contribution is -2.33. The van der Waals surface area contributed by atoms with Crippen LogP contribution in [0.15, 0.2) is 42.5 Å². The first kappa shape index (κ1) is 19.1. The lowest BCUT2D eigenvalue weighted by molar-refractivity contribution is -0.139. The number of carboxylic acid groups (broad SMARTS) is 1. The predicted octanol–water partition coefficient (Wildman–Crippen LogP) is 1.40. The van der Waals surface area contributed by atoms with Crippen molar-refractivity contribution in [2.75, 3.05) is 12.8 Å². The molecule has 3 N–H and O–H groups in total. The molecule has 9 heteroatoms. The van der Waals surface area contributed by atoms with Gasteiger partial charge in [0.25, 0.3) is 5.91 Å². The number of sulfonamides is 1. The fourth-order valence-electron chi connectivity index (χ4n) is 2.13. The molecule has 0 aliphatic rings. The number of carbonyl (C=O) groups is 2. The van der Waals surface area contributed by atoms with Crippen LogP contribution in [0.5, 0.6) is 0 Å². The molecule has 0 aliphatic carbocycles. The van der Waals surface area contributed by atoms with Crippen molar-refractivity contribution in [3.05, 3.63) is 57.8 Å². The number of amides is 1. The van der Waals surface area contributed by atoms with Gasteiger partial charge in [0.05, 0.1) is 11.1 Å². The Labute approximate surface area is 149 Å². The highest BCUT2D eigenvalue weighted by Gasteiger charge is 2.23. The van der Waals surface area contributed by atoms with Crippen LogP contribution in [0.25, 0.3) is 0 Å². The van der Waals surface area contributed by atoms with Gasteiger partial charge in [-0.05, 0) is 24.1 Å². The van der Waals surface area contributed by atoms with E-state index in [1.807, 2.05) is 0 Å². The van der Waals surface area contributed by atoms with Crippen molar-refractivity contribution in [1.82, 2.24) is 10.0 Å². The molecule has 0 unspecified atom stereocenters. The zero-order valence-corrected chi connectivity index (χ0v) is 15.1. The van der Waals surface area contributed by atoms with E-state index in [0.717, 1.165) is 11.1 Å². The van der Waals surface area contributed by atoms with E-state index in [0.29, 0.717) is 16.9 Å². The van der Waals surface area contributed by atoms with E-state index in [-0.39, 0.29) is 6.54 Å². The maximum atomic E-state index is 12.3. The second kappa shape index (κ2) is 8.24. The van der Waals surface area contributed by atoms with Crippen LogP contribution in [0.3, 0.4) is 0 Å². The summed E-state index contributed by atoms with van der Waals surface area (Å²) in [5, 5.41) is 11.8. The fraction of sp³-hybridized carbons (Fsp3) is 0.250. The minimum Gasteiger partial charge on any atom is -0.479 e. The first-order chi connectivity index (χ1) is 11.8. The van der Waals surface area contributed by atoms with E-state index in [2.05, 4.69) is 10.0 Å². The van der Waals surface area contributed by atoms with Gasteiger partial charge in [-0.3, -0.25) is 4.79 Å². The van der Waals surface area contributed by atoms with Crippen molar-refractivity contribution >= 4 is 33.2 Å². The monoisotopic (exact) mass is 382 g/mol. The lowest BCUT2D eigenvalue weighted by atomic mass is 10.1. The first-order valence-corrected chi connectivity index (χ1v) is 10.1. The Bertz CT molecular complexity index is 846. The highest BCUT2D eigenvalue weighted by atomic mass is 32.2. The molecule has 1 amide bonds. The van der Waals surface area contributed by atoms with E-state index >= 15 is 0 Å². The molecule has 0 radical (unpaired) electrons. The Morgan fingerprint density at radius 3 is 2.44 bits per heavy atom. The van der Waals surface area contributed by atoms with Crippen molar-refractivity contribution in [3.8, 4) is 0 Å². The molecule has 25 heavy (non-hydrogen) atoms. The molecular formula is C16H18N2O5S2. The maximum absolute atomic E-state index is 12.3. The normalized spacial score (nSPS) is 12.5. The Kier molecular flexibility index (Phi) is 6.29. The van der Waals surface area contributed by atoms with Gasteiger partial charge in [0.2, 0.25) is 10.0 Å². The van der Waals surface area contributed by atoms with E-state index < -0.39 is 27.9 Å². The van der Waals surface area contributed by atoms with Gasteiger partial charge in [0.1, 0.15) is 0 Å². The molecule has 2 rings (SSSR count). The summed E-state index contributed by atoms with van der Waals surface area (Å²) < 4.78 is 24.4. The molecule has 1 heterocycles. The summed E-state index contributed by atoms with van der Waals surface area (Å²) in [6.07, 6.45) is 1.53. The zero-order valence-electron chi connectivity index (χ0n) is 13.4. The van der Waals surface area contributed by atoms with E-state index in [4.69, 9.17) is 0 Å². The van der Waals surface area contributed by atoms with E-state index in [9.17, 15) is 23.1 Å².